The Morgan fingerprint density at radius 2 is 1.92 bits per heavy atom. The number of carbonyl (C=O) groups is 2. The second-order valence-corrected chi connectivity index (χ2v) is 8.90. The number of hydrogen-bond donors (Lipinski definition) is 0. The van der Waals surface area contributed by atoms with E-state index >= 15 is 0 Å². The van der Waals surface area contributed by atoms with Gasteiger partial charge in [0.15, 0.2) is 0 Å². The number of imide groups is 1. The molecule has 0 unspecified atom stereocenters. The summed E-state index contributed by atoms with van der Waals surface area (Å²) >= 11 is 3.32. The van der Waals surface area contributed by atoms with E-state index in [1.165, 1.54) is 4.31 Å². The van der Waals surface area contributed by atoms with E-state index in [1.54, 1.807) is 18.3 Å². The molecule has 0 aromatic carbocycles. The maximum Gasteiger partial charge on any atom is 0.229 e. The number of pyridine rings is 1. The van der Waals surface area contributed by atoms with Crippen molar-refractivity contribution in [2.24, 2.45) is 0 Å². The highest BCUT2D eigenvalue weighted by molar-refractivity contribution is 9.10. The summed E-state index contributed by atoms with van der Waals surface area (Å²) in [5.74, 6) is -0.425. The number of nitrogens with zero attached hydrogens (tertiary/aromatic N) is 3. The first-order valence-corrected chi connectivity index (χ1v) is 10.4. The van der Waals surface area contributed by atoms with Crippen molar-refractivity contribution in [3.8, 4) is 5.88 Å². The highest BCUT2D eigenvalue weighted by atomic mass is 79.9. The smallest absolute Gasteiger partial charge is 0.229 e. The van der Waals surface area contributed by atoms with E-state index in [2.05, 4.69) is 20.9 Å². The van der Waals surface area contributed by atoms with Gasteiger partial charge in [0.1, 0.15) is 6.10 Å². The lowest BCUT2D eigenvalue weighted by Crippen LogP contribution is -2.57. The Morgan fingerprint density at radius 3 is 2.56 bits per heavy atom. The zero-order valence-electron chi connectivity index (χ0n) is 13.4. The van der Waals surface area contributed by atoms with E-state index in [-0.39, 0.29) is 43.3 Å². The molecule has 2 aliphatic heterocycles. The van der Waals surface area contributed by atoms with Gasteiger partial charge in [0.25, 0.3) is 0 Å². The van der Waals surface area contributed by atoms with Crippen LogP contribution in [0.25, 0.3) is 0 Å². The molecule has 3 heterocycles. The zero-order valence-corrected chi connectivity index (χ0v) is 15.8. The van der Waals surface area contributed by atoms with E-state index in [0.29, 0.717) is 29.6 Å². The first-order chi connectivity index (χ1) is 11.9. The Morgan fingerprint density at radius 1 is 1.24 bits per heavy atom. The molecule has 2 saturated heterocycles. The van der Waals surface area contributed by atoms with Gasteiger partial charge in [-0.1, -0.05) is 0 Å². The molecule has 2 fully saturated rings. The quantitative estimate of drug-likeness (QED) is 0.617. The van der Waals surface area contributed by atoms with Gasteiger partial charge in [0.2, 0.25) is 27.7 Å². The van der Waals surface area contributed by atoms with Crippen LogP contribution in [0.3, 0.4) is 0 Å². The molecule has 0 N–H and O–H groups in total. The van der Waals surface area contributed by atoms with Gasteiger partial charge in [0.05, 0.1) is 23.3 Å². The zero-order chi connectivity index (χ0) is 18.0. The fraction of sp³-hybridized carbons (Fsp3) is 0.533. The summed E-state index contributed by atoms with van der Waals surface area (Å²) in [5, 5.41) is 0. The average Bonchev–Trinajstić information content (AvgIpc) is 2.51. The maximum atomic E-state index is 12.3. The summed E-state index contributed by atoms with van der Waals surface area (Å²) in [5.41, 5.74) is 0. The highest BCUT2D eigenvalue weighted by Crippen LogP contribution is 2.25. The van der Waals surface area contributed by atoms with Crippen molar-refractivity contribution in [2.75, 3.05) is 25.4 Å². The van der Waals surface area contributed by atoms with Crippen molar-refractivity contribution in [1.82, 2.24) is 14.2 Å². The van der Waals surface area contributed by atoms with Crippen molar-refractivity contribution in [2.45, 2.75) is 25.4 Å². The van der Waals surface area contributed by atoms with Crippen LogP contribution in [0.2, 0.25) is 0 Å². The summed E-state index contributed by atoms with van der Waals surface area (Å²) < 4.78 is 32.3. The number of ether oxygens (including phenoxy) is 1. The molecule has 1 aromatic rings. The van der Waals surface area contributed by atoms with Crippen LogP contribution in [0.15, 0.2) is 22.8 Å². The fourth-order valence-corrected chi connectivity index (χ4v) is 4.51. The van der Waals surface area contributed by atoms with Gasteiger partial charge in [0, 0.05) is 25.6 Å². The van der Waals surface area contributed by atoms with Crippen LogP contribution >= 0.6 is 15.9 Å². The van der Waals surface area contributed by atoms with Crippen LogP contribution in [0, 0.1) is 0 Å². The van der Waals surface area contributed by atoms with E-state index < -0.39 is 10.0 Å². The Balaban J connectivity index is 1.50. The predicted octanol–water partition coefficient (Wildman–Crippen LogP) is 0.776. The van der Waals surface area contributed by atoms with Crippen molar-refractivity contribution >= 4 is 37.8 Å². The summed E-state index contributed by atoms with van der Waals surface area (Å²) in [6.45, 7) is 0.369. The van der Waals surface area contributed by atoms with Gasteiger partial charge in [-0.2, -0.15) is 4.31 Å². The van der Waals surface area contributed by atoms with Crippen LogP contribution < -0.4 is 4.74 Å². The van der Waals surface area contributed by atoms with Crippen LogP contribution in [-0.4, -0.2) is 65.9 Å². The lowest BCUT2D eigenvalue weighted by atomic mass is 10.1. The summed E-state index contributed by atoms with van der Waals surface area (Å²) in [6, 6.07) is 3.56. The van der Waals surface area contributed by atoms with Gasteiger partial charge in [-0.15, -0.1) is 0 Å². The van der Waals surface area contributed by atoms with Crippen molar-refractivity contribution in [3.63, 3.8) is 0 Å². The van der Waals surface area contributed by atoms with Crippen LogP contribution in [0.1, 0.15) is 19.3 Å². The van der Waals surface area contributed by atoms with Gasteiger partial charge >= 0.3 is 0 Å². The normalized spacial score (nSPS) is 19.8. The average molecular weight is 432 g/mol. The molecule has 2 aliphatic rings. The van der Waals surface area contributed by atoms with Gasteiger partial charge in [-0.05, 0) is 34.5 Å². The molecule has 25 heavy (non-hydrogen) atoms. The Bertz CT molecular complexity index is 763. The predicted molar refractivity (Wildman–Crippen MR) is 92.3 cm³/mol. The van der Waals surface area contributed by atoms with Crippen molar-refractivity contribution in [1.29, 1.82) is 0 Å². The van der Waals surface area contributed by atoms with Gasteiger partial charge in [-0.3, -0.25) is 14.5 Å². The molecule has 0 atom stereocenters. The monoisotopic (exact) mass is 431 g/mol. The summed E-state index contributed by atoms with van der Waals surface area (Å²) in [6.07, 6.45) is 2.46. The van der Waals surface area contributed by atoms with Crippen LogP contribution in [0.5, 0.6) is 5.88 Å². The number of sulfonamides is 1. The molecule has 10 heteroatoms. The SMILES string of the molecule is O=C1CCCC(=O)N1CCS(=O)(=O)N1CC(Oc2ncccc2Br)C1. The first-order valence-electron chi connectivity index (χ1n) is 7.95. The van der Waals surface area contributed by atoms with Crippen molar-refractivity contribution < 1.29 is 22.7 Å². The molecule has 1 aromatic heterocycles. The minimum Gasteiger partial charge on any atom is -0.471 e. The molecule has 2 amide bonds. The van der Waals surface area contributed by atoms with Crippen LogP contribution in [0.4, 0.5) is 0 Å². The number of aromatic nitrogens is 1. The van der Waals surface area contributed by atoms with Crippen molar-refractivity contribution in [3.05, 3.63) is 22.8 Å². The topological polar surface area (TPSA) is 96.9 Å². The lowest BCUT2D eigenvalue weighted by Gasteiger charge is -2.38. The Labute approximate surface area is 154 Å². The number of halogens is 1. The third-order valence-electron chi connectivity index (χ3n) is 4.17. The molecule has 3 rings (SSSR count). The van der Waals surface area contributed by atoms with E-state index in [9.17, 15) is 18.0 Å². The number of hydrogen-bond acceptors (Lipinski definition) is 6. The number of likely N-dealkylation sites (tertiary alicyclic amines) is 1. The molecule has 0 saturated carbocycles. The molecule has 0 aliphatic carbocycles. The van der Waals surface area contributed by atoms with E-state index in [4.69, 9.17) is 4.74 Å². The molecule has 0 spiro atoms. The molecule has 0 radical (unpaired) electrons. The maximum absolute atomic E-state index is 12.3. The van der Waals surface area contributed by atoms with E-state index in [0.717, 1.165) is 4.90 Å². The number of rotatable bonds is 6. The van der Waals surface area contributed by atoms with Gasteiger partial charge in [-0.25, -0.2) is 13.4 Å². The number of amides is 2. The molecule has 8 nitrogen and oxygen atoms in total. The minimum absolute atomic E-state index is 0.0895. The molecular weight excluding hydrogens is 414 g/mol. The molecule has 0 bridgehead atoms. The van der Waals surface area contributed by atoms with Gasteiger partial charge < -0.3 is 4.74 Å². The lowest BCUT2D eigenvalue weighted by molar-refractivity contribution is -0.147. The summed E-state index contributed by atoms with van der Waals surface area (Å²) in [4.78, 5) is 28.6. The third kappa shape index (κ3) is 4.18. The Kier molecular flexibility index (Phi) is 5.40. The fourth-order valence-electron chi connectivity index (χ4n) is 2.70. The first kappa shape index (κ1) is 18.3. The number of carbonyl (C=O) groups excluding carboxylic acids is 2. The second-order valence-electron chi connectivity index (χ2n) is 5.96. The highest BCUT2D eigenvalue weighted by Gasteiger charge is 2.38. The molecular formula is C15H18BrN3O5S. The standard InChI is InChI=1S/C15H18BrN3O5S/c16-12-3-2-6-17-15(12)24-11-9-18(10-11)25(22,23)8-7-19-13(20)4-1-5-14(19)21/h2-3,6,11H,1,4-5,7-10H2. The third-order valence-corrected chi connectivity index (χ3v) is 6.55. The molecule has 136 valence electrons. The Hall–Kier alpha value is -1.52. The minimum atomic E-state index is -3.53. The summed E-state index contributed by atoms with van der Waals surface area (Å²) in [7, 11) is -3.53. The van der Waals surface area contributed by atoms with E-state index in [1.807, 2.05) is 0 Å². The number of piperidine rings is 1. The largest absolute Gasteiger partial charge is 0.471 e. The second kappa shape index (κ2) is 7.38. The van der Waals surface area contributed by atoms with Crippen LogP contribution in [-0.2, 0) is 19.6 Å².